The predicted octanol–water partition coefficient (Wildman–Crippen LogP) is 1.74. The van der Waals surface area contributed by atoms with Crippen molar-refractivity contribution in [3.63, 3.8) is 0 Å². The van der Waals surface area contributed by atoms with Gasteiger partial charge < -0.3 is 9.47 Å². The number of hydrogen-bond donors (Lipinski definition) is 0. The SMILES string of the molecule is CCOC(=O)c1cnc(C2CN(C(C)C)CCO2)nc1C. The highest BCUT2D eigenvalue weighted by molar-refractivity contribution is 5.90. The Kier molecular flexibility index (Phi) is 5.25. The van der Waals surface area contributed by atoms with Gasteiger partial charge in [0.05, 0.1) is 24.5 Å². The first-order chi connectivity index (χ1) is 10.0. The number of esters is 1. The van der Waals surface area contributed by atoms with Crippen LogP contribution in [0.5, 0.6) is 0 Å². The zero-order valence-electron chi connectivity index (χ0n) is 13.1. The lowest BCUT2D eigenvalue weighted by Gasteiger charge is -2.34. The first-order valence-corrected chi connectivity index (χ1v) is 7.39. The molecule has 1 aliphatic rings. The van der Waals surface area contributed by atoms with E-state index in [1.807, 2.05) is 0 Å². The fourth-order valence-electron chi connectivity index (χ4n) is 2.34. The summed E-state index contributed by atoms with van der Waals surface area (Å²) in [5.41, 5.74) is 1.04. The molecule has 116 valence electrons. The maximum absolute atomic E-state index is 11.8. The summed E-state index contributed by atoms with van der Waals surface area (Å²) in [6.07, 6.45) is 1.39. The van der Waals surface area contributed by atoms with E-state index < -0.39 is 0 Å². The molecule has 0 spiro atoms. The Morgan fingerprint density at radius 3 is 2.95 bits per heavy atom. The third-order valence-electron chi connectivity index (χ3n) is 3.61. The van der Waals surface area contributed by atoms with Crippen molar-refractivity contribution < 1.29 is 14.3 Å². The molecule has 6 heteroatoms. The lowest BCUT2D eigenvalue weighted by molar-refractivity contribution is -0.0443. The van der Waals surface area contributed by atoms with Crippen LogP contribution >= 0.6 is 0 Å². The molecule has 1 fully saturated rings. The van der Waals surface area contributed by atoms with E-state index in [-0.39, 0.29) is 12.1 Å². The number of rotatable bonds is 4. The zero-order chi connectivity index (χ0) is 15.4. The number of aryl methyl sites for hydroxylation is 1. The summed E-state index contributed by atoms with van der Waals surface area (Å²) in [6, 6.07) is 0.469. The minimum Gasteiger partial charge on any atom is -0.462 e. The Labute approximate surface area is 125 Å². The highest BCUT2D eigenvalue weighted by atomic mass is 16.5. The van der Waals surface area contributed by atoms with Crippen LogP contribution in [0.4, 0.5) is 0 Å². The molecule has 0 amide bonds. The van der Waals surface area contributed by atoms with Gasteiger partial charge in [-0.3, -0.25) is 4.90 Å². The first-order valence-electron chi connectivity index (χ1n) is 7.39. The minimum absolute atomic E-state index is 0.143. The van der Waals surface area contributed by atoms with E-state index in [1.165, 1.54) is 6.20 Å². The number of hydrogen-bond acceptors (Lipinski definition) is 6. The van der Waals surface area contributed by atoms with E-state index in [2.05, 4.69) is 28.7 Å². The molecule has 0 radical (unpaired) electrons. The quantitative estimate of drug-likeness (QED) is 0.788. The van der Waals surface area contributed by atoms with Crippen molar-refractivity contribution in [1.82, 2.24) is 14.9 Å². The van der Waals surface area contributed by atoms with E-state index in [0.717, 1.165) is 13.1 Å². The van der Waals surface area contributed by atoms with Crippen molar-refractivity contribution >= 4 is 5.97 Å². The van der Waals surface area contributed by atoms with Crippen molar-refractivity contribution in [2.75, 3.05) is 26.3 Å². The van der Waals surface area contributed by atoms with Crippen molar-refractivity contribution in [2.24, 2.45) is 0 Å². The average Bonchev–Trinajstić information content (AvgIpc) is 2.47. The Bertz CT molecular complexity index is 505. The molecule has 0 N–H and O–H groups in total. The second-order valence-electron chi connectivity index (χ2n) is 5.40. The fourth-order valence-corrected chi connectivity index (χ4v) is 2.34. The molecule has 0 aliphatic carbocycles. The monoisotopic (exact) mass is 293 g/mol. The van der Waals surface area contributed by atoms with Gasteiger partial charge in [0.25, 0.3) is 0 Å². The van der Waals surface area contributed by atoms with E-state index in [0.29, 0.717) is 36.3 Å². The van der Waals surface area contributed by atoms with Gasteiger partial charge in [0, 0.05) is 25.3 Å². The summed E-state index contributed by atoms with van der Waals surface area (Å²) in [7, 11) is 0. The summed E-state index contributed by atoms with van der Waals surface area (Å²) >= 11 is 0. The summed E-state index contributed by atoms with van der Waals surface area (Å²) in [4.78, 5) is 22.8. The van der Waals surface area contributed by atoms with Crippen LogP contribution in [0.3, 0.4) is 0 Å². The third kappa shape index (κ3) is 3.77. The van der Waals surface area contributed by atoms with Gasteiger partial charge in [-0.15, -0.1) is 0 Å². The molecular formula is C15H23N3O3. The summed E-state index contributed by atoms with van der Waals surface area (Å²) < 4.78 is 10.7. The molecule has 2 rings (SSSR count). The zero-order valence-corrected chi connectivity index (χ0v) is 13.1. The number of morpholine rings is 1. The van der Waals surface area contributed by atoms with Gasteiger partial charge in [-0.25, -0.2) is 14.8 Å². The van der Waals surface area contributed by atoms with Crippen LogP contribution < -0.4 is 0 Å². The highest BCUT2D eigenvalue weighted by Gasteiger charge is 2.26. The maximum atomic E-state index is 11.8. The fraction of sp³-hybridized carbons (Fsp3) is 0.667. The smallest absolute Gasteiger partial charge is 0.341 e. The van der Waals surface area contributed by atoms with Gasteiger partial charge in [0.1, 0.15) is 6.10 Å². The number of carbonyl (C=O) groups is 1. The molecule has 1 aromatic rings. The third-order valence-corrected chi connectivity index (χ3v) is 3.61. The maximum Gasteiger partial charge on any atom is 0.341 e. The molecule has 1 aromatic heterocycles. The normalized spacial score (nSPS) is 19.8. The largest absolute Gasteiger partial charge is 0.462 e. The first kappa shape index (κ1) is 15.9. The lowest BCUT2D eigenvalue weighted by atomic mass is 10.2. The second-order valence-corrected chi connectivity index (χ2v) is 5.40. The Morgan fingerprint density at radius 1 is 1.57 bits per heavy atom. The minimum atomic E-state index is -0.380. The van der Waals surface area contributed by atoms with Gasteiger partial charge in [-0.2, -0.15) is 0 Å². The van der Waals surface area contributed by atoms with E-state index in [4.69, 9.17) is 9.47 Å². The molecule has 0 aromatic carbocycles. The van der Waals surface area contributed by atoms with Gasteiger partial charge in [-0.05, 0) is 27.7 Å². The standard InChI is InChI=1S/C15H23N3O3/c1-5-20-15(19)12-8-16-14(17-11(12)4)13-9-18(10(2)3)6-7-21-13/h8,10,13H,5-7,9H2,1-4H3. The van der Waals surface area contributed by atoms with Gasteiger partial charge in [0.15, 0.2) is 5.82 Å². The second kappa shape index (κ2) is 6.95. The molecule has 21 heavy (non-hydrogen) atoms. The molecule has 6 nitrogen and oxygen atoms in total. The molecule has 0 bridgehead atoms. The van der Waals surface area contributed by atoms with Crippen LogP contribution in [-0.2, 0) is 9.47 Å². The topological polar surface area (TPSA) is 64.5 Å². The van der Waals surface area contributed by atoms with Gasteiger partial charge >= 0.3 is 5.97 Å². The van der Waals surface area contributed by atoms with Crippen molar-refractivity contribution in [1.29, 1.82) is 0 Å². The molecule has 1 atom stereocenters. The highest BCUT2D eigenvalue weighted by Crippen LogP contribution is 2.21. The van der Waals surface area contributed by atoms with Crippen LogP contribution in [0.1, 0.15) is 48.8 Å². The molecular weight excluding hydrogens is 270 g/mol. The number of aromatic nitrogens is 2. The number of carbonyl (C=O) groups excluding carboxylic acids is 1. The van der Waals surface area contributed by atoms with Crippen molar-refractivity contribution in [3.05, 3.63) is 23.3 Å². The van der Waals surface area contributed by atoms with E-state index in [9.17, 15) is 4.79 Å². The average molecular weight is 293 g/mol. The van der Waals surface area contributed by atoms with E-state index in [1.54, 1.807) is 13.8 Å². The van der Waals surface area contributed by atoms with Gasteiger partial charge in [0.2, 0.25) is 0 Å². The Balaban J connectivity index is 2.14. The number of nitrogens with zero attached hydrogens (tertiary/aromatic N) is 3. The number of ether oxygens (including phenoxy) is 2. The van der Waals surface area contributed by atoms with Crippen LogP contribution in [0.2, 0.25) is 0 Å². The molecule has 2 heterocycles. The van der Waals surface area contributed by atoms with Crippen LogP contribution in [0.15, 0.2) is 6.20 Å². The lowest BCUT2D eigenvalue weighted by Crippen LogP contribution is -2.42. The molecule has 1 aliphatic heterocycles. The summed E-state index contributed by atoms with van der Waals surface area (Å²) in [6.45, 7) is 10.6. The van der Waals surface area contributed by atoms with Crippen LogP contribution in [0.25, 0.3) is 0 Å². The Morgan fingerprint density at radius 2 is 2.33 bits per heavy atom. The summed E-state index contributed by atoms with van der Waals surface area (Å²) in [5, 5.41) is 0. The van der Waals surface area contributed by atoms with Gasteiger partial charge in [-0.1, -0.05) is 0 Å². The molecule has 1 saturated heterocycles. The Hall–Kier alpha value is -1.53. The van der Waals surface area contributed by atoms with Crippen LogP contribution in [0, 0.1) is 6.92 Å². The van der Waals surface area contributed by atoms with Crippen molar-refractivity contribution in [3.8, 4) is 0 Å². The van der Waals surface area contributed by atoms with E-state index >= 15 is 0 Å². The molecule has 0 saturated carbocycles. The summed E-state index contributed by atoms with van der Waals surface area (Å²) in [5.74, 6) is 0.251. The predicted molar refractivity (Wildman–Crippen MR) is 78.1 cm³/mol. The van der Waals surface area contributed by atoms with Crippen molar-refractivity contribution in [2.45, 2.75) is 39.8 Å². The molecule has 1 unspecified atom stereocenters. The van der Waals surface area contributed by atoms with Crippen LogP contribution in [-0.4, -0.2) is 53.2 Å².